The third-order valence-electron chi connectivity index (χ3n) is 7.02. The SMILES string of the molecule is CNC(=O)N1N=C(c2ccc(N3CCN(C(O)OC(C)(C)C)CC3)cc2)c2cc(OC)c(OC)cc2CC1C. The number of carbonyl (C=O) groups is 1. The lowest BCUT2D eigenvalue weighted by Crippen LogP contribution is -2.52. The minimum atomic E-state index is -0.913. The molecule has 0 radical (unpaired) electrons. The van der Waals surface area contributed by atoms with Gasteiger partial charge in [-0.2, -0.15) is 5.10 Å². The molecule has 1 fully saturated rings. The third kappa shape index (κ3) is 6.46. The molecule has 0 aromatic heterocycles. The fraction of sp³-hybridized carbons (Fsp3) is 0.517. The highest BCUT2D eigenvalue weighted by atomic mass is 16.6. The van der Waals surface area contributed by atoms with Crippen LogP contribution in [0, 0.1) is 0 Å². The number of benzene rings is 2. The number of carbonyl (C=O) groups excluding carboxylic acids is 1. The number of fused-ring (bicyclic) bond motifs is 1. The fourth-order valence-corrected chi connectivity index (χ4v) is 4.97. The van der Waals surface area contributed by atoms with E-state index in [2.05, 4.69) is 22.3 Å². The van der Waals surface area contributed by atoms with E-state index in [4.69, 9.17) is 19.3 Å². The van der Waals surface area contributed by atoms with Crippen LogP contribution in [0.2, 0.25) is 0 Å². The van der Waals surface area contributed by atoms with Crippen molar-refractivity contribution in [3.05, 3.63) is 53.1 Å². The lowest BCUT2D eigenvalue weighted by molar-refractivity contribution is -0.239. The second-order valence-electron chi connectivity index (χ2n) is 10.9. The molecule has 0 spiro atoms. The van der Waals surface area contributed by atoms with Crippen LogP contribution in [0.1, 0.15) is 44.4 Å². The predicted octanol–water partition coefficient (Wildman–Crippen LogP) is 3.26. The van der Waals surface area contributed by atoms with E-state index in [9.17, 15) is 9.90 Å². The number of nitrogens with zero attached hydrogens (tertiary/aromatic N) is 4. The Morgan fingerprint density at radius 1 is 1.05 bits per heavy atom. The van der Waals surface area contributed by atoms with Crippen LogP contribution < -0.4 is 19.7 Å². The van der Waals surface area contributed by atoms with Gasteiger partial charge in [-0.05, 0) is 63.9 Å². The normalized spacial score (nSPS) is 19.1. The van der Waals surface area contributed by atoms with Crippen LogP contribution in [-0.2, 0) is 11.2 Å². The molecule has 0 bridgehead atoms. The predicted molar refractivity (Wildman–Crippen MR) is 152 cm³/mol. The van der Waals surface area contributed by atoms with E-state index in [0.717, 1.165) is 35.5 Å². The van der Waals surface area contributed by atoms with Crippen LogP contribution in [0.4, 0.5) is 10.5 Å². The molecule has 2 atom stereocenters. The van der Waals surface area contributed by atoms with Crippen LogP contribution in [0.3, 0.4) is 0 Å². The molecule has 39 heavy (non-hydrogen) atoms. The number of methoxy groups -OCH3 is 2. The number of ether oxygens (including phenoxy) is 3. The molecular weight excluding hydrogens is 498 g/mol. The van der Waals surface area contributed by atoms with Gasteiger partial charge in [-0.3, -0.25) is 4.90 Å². The van der Waals surface area contributed by atoms with Crippen molar-refractivity contribution in [3.8, 4) is 11.5 Å². The molecule has 2 aliphatic rings. The summed E-state index contributed by atoms with van der Waals surface area (Å²) in [6, 6.07) is 11.7. The first kappa shape index (κ1) is 28.7. The lowest BCUT2D eigenvalue weighted by Gasteiger charge is -2.39. The van der Waals surface area contributed by atoms with Gasteiger partial charge in [-0.1, -0.05) is 12.1 Å². The highest BCUT2D eigenvalue weighted by molar-refractivity contribution is 6.14. The van der Waals surface area contributed by atoms with E-state index in [-0.39, 0.29) is 12.1 Å². The summed E-state index contributed by atoms with van der Waals surface area (Å²) in [7, 11) is 4.84. The summed E-state index contributed by atoms with van der Waals surface area (Å²) in [5.74, 6) is 1.25. The fourth-order valence-electron chi connectivity index (χ4n) is 4.97. The van der Waals surface area contributed by atoms with E-state index in [0.29, 0.717) is 36.7 Å². The molecule has 2 unspecified atom stereocenters. The molecule has 0 saturated carbocycles. The van der Waals surface area contributed by atoms with E-state index in [1.54, 1.807) is 21.3 Å². The zero-order valence-electron chi connectivity index (χ0n) is 24.0. The maximum absolute atomic E-state index is 12.7. The Hall–Kier alpha value is -3.34. The van der Waals surface area contributed by atoms with Gasteiger partial charge in [0.1, 0.15) is 0 Å². The van der Waals surface area contributed by atoms with E-state index in [1.165, 1.54) is 5.01 Å². The van der Waals surface area contributed by atoms with Crippen LogP contribution >= 0.6 is 0 Å². The minimum Gasteiger partial charge on any atom is -0.493 e. The molecule has 10 nitrogen and oxygen atoms in total. The standard InChI is InChI=1S/C29H41N5O5/c1-19-16-21-17-24(37-6)25(38-7)18-23(21)26(31-34(19)27(35)30-5)20-8-10-22(11-9-20)32-12-14-33(15-13-32)28(36)39-29(2,3)4/h8-11,17-19,28,36H,12-16H2,1-7H3,(H,30,35). The lowest BCUT2D eigenvalue weighted by atomic mass is 9.94. The van der Waals surface area contributed by atoms with Crippen LogP contribution in [0.15, 0.2) is 41.5 Å². The van der Waals surface area contributed by atoms with Crippen molar-refractivity contribution in [3.63, 3.8) is 0 Å². The Kier molecular flexibility index (Phi) is 8.68. The Bertz CT molecular complexity index is 1190. The smallest absolute Gasteiger partial charge is 0.337 e. The second kappa shape index (κ2) is 11.8. The van der Waals surface area contributed by atoms with Gasteiger partial charge in [-0.15, -0.1) is 0 Å². The van der Waals surface area contributed by atoms with Crippen molar-refractivity contribution in [2.24, 2.45) is 5.10 Å². The third-order valence-corrected chi connectivity index (χ3v) is 7.02. The molecule has 2 aliphatic heterocycles. The number of rotatable bonds is 6. The summed E-state index contributed by atoms with van der Waals surface area (Å²) in [6.45, 7) is 10.7. The quantitative estimate of drug-likeness (QED) is 0.544. The van der Waals surface area contributed by atoms with Gasteiger partial charge < -0.3 is 29.5 Å². The van der Waals surface area contributed by atoms with Gasteiger partial charge in [0, 0.05) is 50.0 Å². The number of hydrogen-bond donors (Lipinski definition) is 2. The molecule has 2 aromatic carbocycles. The highest BCUT2D eigenvalue weighted by Crippen LogP contribution is 2.35. The summed E-state index contributed by atoms with van der Waals surface area (Å²) < 4.78 is 16.9. The Morgan fingerprint density at radius 2 is 1.67 bits per heavy atom. The van der Waals surface area contributed by atoms with Crippen LogP contribution in [0.25, 0.3) is 0 Å². The Labute approximate surface area is 231 Å². The topological polar surface area (TPSA) is 99.1 Å². The maximum atomic E-state index is 12.7. The van der Waals surface area contributed by atoms with Gasteiger partial charge in [0.25, 0.3) is 0 Å². The van der Waals surface area contributed by atoms with Crippen molar-refractivity contribution in [1.29, 1.82) is 0 Å². The van der Waals surface area contributed by atoms with Crippen molar-refractivity contribution < 1.29 is 24.1 Å². The van der Waals surface area contributed by atoms with Gasteiger partial charge in [0.05, 0.1) is 31.6 Å². The highest BCUT2D eigenvalue weighted by Gasteiger charge is 2.29. The average Bonchev–Trinajstić information content (AvgIpc) is 3.06. The molecular formula is C29H41N5O5. The molecule has 10 heteroatoms. The minimum absolute atomic E-state index is 0.160. The Morgan fingerprint density at radius 3 is 2.23 bits per heavy atom. The first-order valence-corrected chi connectivity index (χ1v) is 13.3. The summed E-state index contributed by atoms with van der Waals surface area (Å²) in [5, 5.41) is 19.5. The van der Waals surface area contributed by atoms with Crippen molar-refractivity contribution >= 4 is 17.4 Å². The van der Waals surface area contributed by atoms with Crippen molar-refractivity contribution in [2.45, 2.75) is 52.2 Å². The molecule has 2 heterocycles. The number of urea groups is 1. The summed E-state index contributed by atoms with van der Waals surface area (Å²) in [5.41, 5.74) is 4.19. The van der Waals surface area contributed by atoms with Gasteiger partial charge in [0.15, 0.2) is 11.5 Å². The largest absolute Gasteiger partial charge is 0.493 e. The monoisotopic (exact) mass is 539 g/mol. The molecule has 2 amide bonds. The van der Waals surface area contributed by atoms with Gasteiger partial charge in [-0.25, -0.2) is 9.80 Å². The number of aliphatic hydroxyl groups excluding tert-OH is 1. The molecule has 2 N–H and O–H groups in total. The van der Waals surface area contributed by atoms with E-state index < -0.39 is 12.0 Å². The van der Waals surface area contributed by atoms with E-state index >= 15 is 0 Å². The van der Waals surface area contributed by atoms with Crippen molar-refractivity contribution in [1.82, 2.24) is 15.2 Å². The molecule has 2 aromatic rings. The summed E-state index contributed by atoms with van der Waals surface area (Å²) >= 11 is 0. The first-order valence-electron chi connectivity index (χ1n) is 13.3. The van der Waals surface area contributed by atoms with Crippen LogP contribution in [0.5, 0.6) is 11.5 Å². The number of aliphatic hydroxyl groups is 1. The zero-order valence-corrected chi connectivity index (χ0v) is 24.0. The number of amides is 2. The molecule has 0 aliphatic carbocycles. The second-order valence-corrected chi connectivity index (χ2v) is 10.9. The summed E-state index contributed by atoms with van der Waals surface area (Å²) in [6.07, 6.45) is -0.299. The number of nitrogens with one attached hydrogen (secondary N) is 1. The number of hydrogen-bond acceptors (Lipinski definition) is 8. The van der Waals surface area contributed by atoms with Crippen LogP contribution in [-0.4, -0.2) is 92.3 Å². The number of piperazine rings is 1. The molecule has 4 rings (SSSR count). The number of anilines is 1. The maximum Gasteiger partial charge on any atom is 0.337 e. The van der Waals surface area contributed by atoms with Crippen molar-refractivity contribution in [2.75, 3.05) is 52.3 Å². The van der Waals surface area contributed by atoms with E-state index in [1.807, 2.05) is 56.9 Å². The zero-order chi connectivity index (χ0) is 28.3. The summed E-state index contributed by atoms with van der Waals surface area (Å²) in [4.78, 5) is 17.0. The van der Waals surface area contributed by atoms with Gasteiger partial charge >= 0.3 is 6.03 Å². The Balaban J connectivity index is 1.61. The average molecular weight is 540 g/mol. The first-order chi connectivity index (χ1) is 18.5. The number of hydrazone groups is 1. The molecule has 1 saturated heterocycles. The van der Waals surface area contributed by atoms with Gasteiger partial charge in [0.2, 0.25) is 6.41 Å². The molecule has 212 valence electrons.